The first-order valence-corrected chi connectivity index (χ1v) is 9.03. The van der Waals surface area contributed by atoms with Crippen molar-refractivity contribution < 1.29 is 4.79 Å². The highest BCUT2D eigenvalue weighted by Crippen LogP contribution is 2.20. The molecule has 1 atom stereocenters. The van der Waals surface area contributed by atoms with Crippen LogP contribution in [-0.2, 0) is 4.79 Å². The van der Waals surface area contributed by atoms with Crippen LogP contribution in [0.3, 0.4) is 0 Å². The predicted molar refractivity (Wildman–Crippen MR) is 108 cm³/mol. The van der Waals surface area contributed by atoms with Crippen LogP contribution in [0.4, 0.5) is 11.5 Å². The second kappa shape index (κ2) is 8.93. The molecule has 0 saturated carbocycles. The van der Waals surface area contributed by atoms with Crippen LogP contribution in [0.25, 0.3) is 10.9 Å². The van der Waals surface area contributed by atoms with Gasteiger partial charge in [-0.3, -0.25) is 9.78 Å². The molecule has 0 aliphatic rings. The average Bonchev–Trinajstić information content (AvgIpc) is 2.70. The Morgan fingerprint density at radius 2 is 1.93 bits per heavy atom. The van der Waals surface area contributed by atoms with Gasteiger partial charge < -0.3 is 16.0 Å². The second-order valence-electron chi connectivity index (χ2n) is 6.56. The highest BCUT2D eigenvalue weighted by Gasteiger charge is 2.22. The highest BCUT2D eigenvalue weighted by atomic mass is 16.2. The van der Waals surface area contributed by atoms with Crippen molar-refractivity contribution in [3.05, 3.63) is 55.1 Å². The van der Waals surface area contributed by atoms with E-state index in [1.807, 2.05) is 50.2 Å². The maximum Gasteiger partial charge on any atom is 0.242 e. The van der Waals surface area contributed by atoms with Gasteiger partial charge >= 0.3 is 0 Å². The molecule has 3 rings (SSSR count). The van der Waals surface area contributed by atoms with E-state index in [2.05, 4.69) is 30.9 Å². The molecule has 140 valence electrons. The van der Waals surface area contributed by atoms with Gasteiger partial charge in [0.05, 0.1) is 11.2 Å². The Bertz CT molecular complexity index is 879. The van der Waals surface area contributed by atoms with Gasteiger partial charge in [0.1, 0.15) is 18.2 Å². The molecule has 27 heavy (non-hydrogen) atoms. The summed E-state index contributed by atoms with van der Waals surface area (Å²) in [6.07, 6.45) is 4.99. The fourth-order valence-electron chi connectivity index (χ4n) is 2.77. The van der Waals surface area contributed by atoms with Gasteiger partial charge in [-0.25, -0.2) is 9.97 Å². The van der Waals surface area contributed by atoms with Crippen molar-refractivity contribution in [2.45, 2.75) is 19.9 Å². The van der Waals surface area contributed by atoms with Gasteiger partial charge in [0.2, 0.25) is 5.91 Å². The zero-order valence-electron chi connectivity index (χ0n) is 15.5. The number of fused-ring (bicyclic) bond motifs is 1. The molecule has 0 spiro atoms. The minimum atomic E-state index is -0.387. The fraction of sp³-hybridized carbons (Fsp3) is 0.300. The van der Waals surface area contributed by atoms with Crippen LogP contribution in [0.1, 0.15) is 13.8 Å². The Kier molecular flexibility index (Phi) is 6.14. The van der Waals surface area contributed by atoms with E-state index in [1.165, 1.54) is 6.33 Å². The third-order valence-electron chi connectivity index (χ3n) is 4.20. The van der Waals surface area contributed by atoms with Crippen molar-refractivity contribution >= 4 is 28.3 Å². The van der Waals surface area contributed by atoms with E-state index in [1.54, 1.807) is 12.4 Å². The number of pyridine rings is 1. The van der Waals surface area contributed by atoms with Crippen LogP contribution in [0, 0.1) is 5.92 Å². The Morgan fingerprint density at radius 3 is 2.70 bits per heavy atom. The van der Waals surface area contributed by atoms with Crippen LogP contribution in [0.15, 0.2) is 55.1 Å². The number of hydrogen-bond acceptors (Lipinski definition) is 6. The topological polar surface area (TPSA) is 91.8 Å². The standard InChI is InChI=1S/C20H24N6O/c1-14(2)18(20(27)23-11-10-22-15-6-5-9-21-12-15)26-19-16-7-3-4-8-17(16)24-13-25-19/h3-9,12-14,18,22H,10-11H2,1-2H3,(H,23,27)(H,24,25,26). The van der Waals surface area contributed by atoms with E-state index >= 15 is 0 Å². The summed E-state index contributed by atoms with van der Waals surface area (Å²) in [6.45, 7) is 5.16. The number of anilines is 2. The molecule has 0 aliphatic heterocycles. The molecule has 1 unspecified atom stereocenters. The van der Waals surface area contributed by atoms with Crippen molar-refractivity contribution in [2.24, 2.45) is 5.92 Å². The van der Waals surface area contributed by atoms with Crippen molar-refractivity contribution in [1.82, 2.24) is 20.3 Å². The first-order chi connectivity index (χ1) is 13.1. The molecule has 0 fully saturated rings. The lowest BCUT2D eigenvalue weighted by molar-refractivity contribution is -0.122. The van der Waals surface area contributed by atoms with E-state index in [9.17, 15) is 4.79 Å². The summed E-state index contributed by atoms with van der Waals surface area (Å²) in [4.78, 5) is 25.3. The molecular weight excluding hydrogens is 340 g/mol. The minimum absolute atomic E-state index is 0.0549. The van der Waals surface area contributed by atoms with Gasteiger partial charge in [-0.15, -0.1) is 0 Å². The van der Waals surface area contributed by atoms with Crippen molar-refractivity contribution in [3.63, 3.8) is 0 Å². The number of carbonyl (C=O) groups is 1. The molecule has 1 amide bonds. The SMILES string of the molecule is CC(C)C(Nc1ncnc2ccccc12)C(=O)NCCNc1cccnc1. The van der Waals surface area contributed by atoms with E-state index < -0.39 is 0 Å². The molecule has 0 aliphatic carbocycles. The first-order valence-electron chi connectivity index (χ1n) is 9.03. The highest BCUT2D eigenvalue weighted by molar-refractivity contribution is 5.92. The van der Waals surface area contributed by atoms with Crippen LogP contribution in [0.5, 0.6) is 0 Å². The number of hydrogen-bond donors (Lipinski definition) is 3. The molecule has 2 aromatic heterocycles. The van der Waals surface area contributed by atoms with Gasteiger partial charge in [-0.1, -0.05) is 26.0 Å². The number of nitrogens with one attached hydrogen (secondary N) is 3. The molecule has 3 N–H and O–H groups in total. The molecular formula is C20H24N6O. The lowest BCUT2D eigenvalue weighted by Crippen LogP contribution is -2.44. The maximum atomic E-state index is 12.7. The van der Waals surface area contributed by atoms with Crippen LogP contribution in [-0.4, -0.2) is 40.0 Å². The fourth-order valence-corrected chi connectivity index (χ4v) is 2.77. The monoisotopic (exact) mass is 364 g/mol. The van der Waals surface area contributed by atoms with Crippen molar-refractivity contribution in [2.75, 3.05) is 23.7 Å². The number of carbonyl (C=O) groups excluding carboxylic acids is 1. The summed E-state index contributed by atoms with van der Waals surface area (Å²) < 4.78 is 0. The summed E-state index contributed by atoms with van der Waals surface area (Å²) in [7, 11) is 0. The second-order valence-corrected chi connectivity index (χ2v) is 6.56. The zero-order valence-corrected chi connectivity index (χ0v) is 15.5. The predicted octanol–water partition coefficient (Wildman–Crippen LogP) is 2.69. The molecule has 0 radical (unpaired) electrons. The summed E-state index contributed by atoms with van der Waals surface area (Å²) in [5.74, 6) is 0.716. The van der Waals surface area contributed by atoms with E-state index in [0.29, 0.717) is 18.9 Å². The quantitative estimate of drug-likeness (QED) is 0.532. The lowest BCUT2D eigenvalue weighted by Gasteiger charge is -2.23. The van der Waals surface area contributed by atoms with E-state index in [0.717, 1.165) is 16.6 Å². The number of benzene rings is 1. The van der Waals surface area contributed by atoms with Gasteiger partial charge in [-0.2, -0.15) is 0 Å². The molecule has 7 heteroatoms. The number of para-hydroxylation sites is 1. The van der Waals surface area contributed by atoms with Crippen LogP contribution in [0.2, 0.25) is 0 Å². The minimum Gasteiger partial charge on any atom is -0.382 e. The summed E-state index contributed by atoms with van der Waals surface area (Å²) in [5.41, 5.74) is 1.77. The molecule has 0 saturated heterocycles. The average molecular weight is 364 g/mol. The number of rotatable bonds is 8. The van der Waals surface area contributed by atoms with Crippen LogP contribution >= 0.6 is 0 Å². The van der Waals surface area contributed by atoms with Crippen molar-refractivity contribution in [3.8, 4) is 0 Å². The molecule has 3 aromatic rings. The molecule has 1 aromatic carbocycles. The number of nitrogens with zero attached hydrogens (tertiary/aromatic N) is 3. The van der Waals surface area contributed by atoms with E-state index in [4.69, 9.17) is 0 Å². The molecule has 2 heterocycles. The van der Waals surface area contributed by atoms with Gasteiger partial charge in [0, 0.05) is 30.9 Å². The summed E-state index contributed by atoms with van der Waals surface area (Å²) in [6, 6.07) is 11.2. The first kappa shape index (κ1) is 18.6. The smallest absolute Gasteiger partial charge is 0.242 e. The third-order valence-corrected chi connectivity index (χ3v) is 4.20. The summed E-state index contributed by atoms with van der Waals surface area (Å²) in [5, 5.41) is 10.4. The Balaban J connectivity index is 1.60. The van der Waals surface area contributed by atoms with Gasteiger partial charge in [0.15, 0.2) is 0 Å². The maximum absolute atomic E-state index is 12.7. The molecule has 7 nitrogen and oxygen atoms in total. The van der Waals surface area contributed by atoms with E-state index in [-0.39, 0.29) is 17.9 Å². The Labute approximate surface area is 158 Å². The van der Waals surface area contributed by atoms with Crippen molar-refractivity contribution in [1.29, 1.82) is 0 Å². The summed E-state index contributed by atoms with van der Waals surface area (Å²) >= 11 is 0. The lowest BCUT2D eigenvalue weighted by atomic mass is 10.0. The third kappa shape index (κ3) is 4.91. The number of aromatic nitrogens is 3. The largest absolute Gasteiger partial charge is 0.382 e. The molecule has 0 bridgehead atoms. The van der Waals surface area contributed by atoms with Gasteiger partial charge in [0.25, 0.3) is 0 Å². The normalized spacial score (nSPS) is 12.0. The van der Waals surface area contributed by atoms with Gasteiger partial charge in [-0.05, 0) is 30.2 Å². The Morgan fingerprint density at radius 1 is 1.07 bits per heavy atom. The van der Waals surface area contributed by atoms with Crippen LogP contribution < -0.4 is 16.0 Å². The zero-order chi connectivity index (χ0) is 19.1. The number of amides is 1. The Hall–Kier alpha value is -3.22.